The van der Waals surface area contributed by atoms with Gasteiger partial charge in [0.25, 0.3) is 5.91 Å². The molecular formula is C18H18ClN3O3S. The third-order valence-electron chi connectivity index (χ3n) is 4.67. The lowest BCUT2D eigenvalue weighted by atomic mass is 10.1. The smallest absolute Gasteiger partial charge is 0.253 e. The van der Waals surface area contributed by atoms with Gasteiger partial charge in [0.1, 0.15) is 4.90 Å². The van der Waals surface area contributed by atoms with E-state index in [4.69, 9.17) is 11.6 Å². The van der Waals surface area contributed by atoms with Crippen molar-refractivity contribution in [3.8, 4) is 0 Å². The molecule has 1 aromatic heterocycles. The van der Waals surface area contributed by atoms with Crippen molar-refractivity contribution in [2.75, 3.05) is 0 Å². The van der Waals surface area contributed by atoms with E-state index in [9.17, 15) is 13.2 Å². The molecule has 4 rings (SSSR count). The van der Waals surface area contributed by atoms with Crippen LogP contribution in [0.4, 0.5) is 0 Å². The number of amides is 1. The molecule has 1 heterocycles. The Morgan fingerprint density at radius 2 is 1.96 bits per heavy atom. The minimum atomic E-state index is -3.64. The van der Waals surface area contributed by atoms with Crippen LogP contribution < -0.4 is 10.0 Å². The van der Waals surface area contributed by atoms with Crippen molar-refractivity contribution in [2.24, 2.45) is 0 Å². The maximum absolute atomic E-state index is 12.6. The van der Waals surface area contributed by atoms with Gasteiger partial charge in [-0.15, -0.1) is 0 Å². The third-order valence-corrected chi connectivity index (χ3v) is 6.40. The second kappa shape index (κ2) is 6.64. The molecule has 1 amide bonds. The Kier molecular flexibility index (Phi) is 4.46. The summed E-state index contributed by atoms with van der Waals surface area (Å²) in [7, 11) is -3.64. The van der Waals surface area contributed by atoms with Crippen molar-refractivity contribution in [1.82, 2.24) is 15.0 Å². The van der Waals surface area contributed by atoms with Gasteiger partial charge in [-0.3, -0.25) is 9.78 Å². The second-order valence-electron chi connectivity index (χ2n) is 6.71. The zero-order valence-corrected chi connectivity index (χ0v) is 15.5. The van der Waals surface area contributed by atoms with Gasteiger partial charge in [0, 0.05) is 23.5 Å². The quantitative estimate of drug-likeness (QED) is 0.819. The summed E-state index contributed by atoms with van der Waals surface area (Å²) in [5.41, 5.74) is 2.41. The molecule has 26 heavy (non-hydrogen) atoms. The van der Waals surface area contributed by atoms with Gasteiger partial charge in [0.05, 0.1) is 11.6 Å². The van der Waals surface area contributed by atoms with Gasteiger partial charge in [0.15, 0.2) is 0 Å². The summed E-state index contributed by atoms with van der Waals surface area (Å²) < 4.78 is 27.2. The minimum Gasteiger partial charge on any atom is -0.345 e. The van der Waals surface area contributed by atoms with Gasteiger partial charge in [0.2, 0.25) is 10.0 Å². The van der Waals surface area contributed by atoms with Gasteiger partial charge in [-0.1, -0.05) is 17.7 Å². The van der Waals surface area contributed by atoms with Crippen LogP contribution in [0.2, 0.25) is 5.02 Å². The molecule has 0 aliphatic heterocycles. The molecule has 2 aromatic rings. The predicted molar refractivity (Wildman–Crippen MR) is 97.6 cm³/mol. The van der Waals surface area contributed by atoms with Crippen molar-refractivity contribution in [3.63, 3.8) is 0 Å². The maximum Gasteiger partial charge on any atom is 0.253 e. The van der Waals surface area contributed by atoms with Crippen LogP contribution in [0.5, 0.6) is 0 Å². The Labute approximate surface area is 157 Å². The van der Waals surface area contributed by atoms with Crippen molar-refractivity contribution >= 4 is 27.5 Å². The number of aryl methyl sites for hydroxylation is 1. The monoisotopic (exact) mass is 391 g/mol. The molecule has 1 saturated carbocycles. The Balaban J connectivity index is 1.52. The zero-order valence-electron chi connectivity index (χ0n) is 13.9. The summed E-state index contributed by atoms with van der Waals surface area (Å²) in [6.45, 7) is 0. The Bertz CT molecular complexity index is 973. The van der Waals surface area contributed by atoms with E-state index in [1.54, 1.807) is 0 Å². The highest BCUT2D eigenvalue weighted by Gasteiger charge is 2.29. The molecule has 6 nitrogen and oxygen atoms in total. The number of rotatable bonds is 5. The minimum absolute atomic E-state index is 0.000651. The lowest BCUT2D eigenvalue weighted by Crippen LogP contribution is -2.29. The van der Waals surface area contributed by atoms with Crippen LogP contribution in [-0.4, -0.2) is 25.4 Å². The molecule has 0 saturated heterocycles. The van der Waals surface area contributed by atoms with Crippen molar-refractivity contribution in [2.45, 2.75) is 42.7 Å². The number of pyridine rings is 1. The Morgan fingerprint density at radius 3 is 2.73 bits per heavy atom. The molecule has 1 aromatic carbocycles. The number of aromatic nitrogens is 1. The summed E-state index contributed by atoms with van der Waals surface area (Å²) in [4.78, 5) is 16.5. The first-order chi connectivity index (χ1) is 12.4. The van der Waals surface area contributed by atoms with E-state index in [0.717, 1.165) is 36.8 Å². The molecular weight excluding hydrogens is 374 g/mol. The van der Waals surface area contributed by atoms with Crippen LogP contribution in [0, 0.1) is 0 Å². The molecule has 8 heteroatoms. The number of hydrogen-bond donors (Lipinski definition) is 2. The summed E-state index contributed by atoms with van der Waals surface area (Å²) in [6, 6.07) is 6.91. The summed E-state index contributed by atoms with van der Waals surface area (Å²) >= 11 is 6.01. The van der Waals surface area contributed by atoms with Crippen LogP contribution in [-0.2, 0) is 16.4 Å². The highest BCUT2D eigenvalue weighted by Crippen LogP contribution is 2.33. The SMILES string of the molecule is O=C(N[C@@H]1CCc2cc(Cl)ccc21)c1cncc(S(=O)(=O)NC2CC2)c1. The van der Waals surface area contributed by atoms with E-state index >= 15 is 0 Å². The molecule has 136 valence electrons. The number of sulfonamides is 1. The molecule has 0 unspecified atom stereocenters. The summed E-state index contributed by atoms with van der Waals surface area (Å²) in [5, 5.41) is 3.65. The highest BCUT2D eigenvalue weighted by molar-refractivity contribution is 7.89. The van der Waals surface area contributed by atoms with Gasteiger partial charge in [-0.25, -0.2) is 13.1 Å². The van der Waals surface area contributed by atoms with E-state index in [1.165, 1.54) is 18.5 Å². The van der Waals surface area contributed by atoms with E-state index in [2.05, 4.69) is 15.0 Å². The van der Waals surface area contributed by atoms with Crippen LogP contribution in [0.25, 0.3) is 0 Å². The van der Waals surface area contributed by atoms with Crippen LogP contribution in [0.3, 0.4) is 0 Å². The maximum atomic E-state index is 12.6. The van der Waals surface area contributed by atoms with Gasteiger partial charge in [-0.2, -0.15) is 0 Å². The van der Waals surface area contributed by atoms with Crippen molar-refractivity contribution in [3.05, 3.63) is 58.4 Å². The first-order valence-electron chi connectivity index (χ1n) is 8.49. The normalized spacial score (nSPS) is 19.2. The number of carbonyl (C=O) groups is 1. The third kappa shape index (κ3) is 3.60. The largest absolute Gasteiger partial charge is 0.345 e. The molecule has 0 radical (unpaired) electrons. The summed E-state index contributed by atoms with van der Waals surface area (Å²) in [6.07, 6.45) is 5.96. The fourth-order valence-electron chi connectivity index (χ4n) is 3.16. The standard InChI is InChI=1S/C18H18ClN3O3S/c19-13-2-5-16-11(7-13)1-6-17(16)21-18(23)12-8-15(10-20-9-12)26(24,25)22-14-3-4-14/h2,5,7-10,14,17,22H,1,3-4,6H2,(H,21,23)/t17-/m1/s1. The average molecular weight is 392 g/mol. The zero-order chi connectivity index (χ0) is 18.3. The number of hydrogen-bond acceptors (Lipinski definition) is 4. The molecule has 2 aliphatic rings. The van der Waals surface area contributed by atoms with Gasteiger partial charge in [-0.05, 0) is 55.0 Å². The molecule has 0 bridgehead atoms. The second-order valence-corrected chi connectivity index (χ2v) is 8.86. The van der Waals surface area contributed by atoms with Crippen LogP contribution in [0.1, 0.15) is 46.8 Å². The molecule has 0 spiro atoms. The first-order valence-corrected chi connectivity index (χ1v) is 10.3. The summed E-state index contributed by atoms with van der Waals surface area (Å²) in [5.74, 6) is -0.339. The topological polar surface area (TPSA) is 88.2 Å². The van der Waals surface area contributed by atoms with E-state index in [1.807, 2.05) is 18.2 Å². The lowest BCUT2D eigenvalue weighted by Gasteiger charge is -2.14. The fourth-order valence-corrected chi connectivity index (χ4v) is 4.64. The predicted octanol–water partition coefficient (Wildman–Crippen LogP) is 2.59. The molecule has 2 N–H and O–H groups in total. The van der Waals surface area contributed by atoms with E-state index in [0.29, 0.717) is 5.02 Å². The van der Waals surface area contributed by atoms with Crippen LogP contribution >= 0.6 is 11.6 Å². The van der Waals surface area contributed by atoms with Crippen molar-refractivity contribution in [1.29, 1.82) is 0 Å². The van der Waals surface area contributed by atoms with E-state index in [-0.39, 0.29) is 28.4 Å². The molecule has 1 atom stereocenters. The van der Waals surface area contributed by atoms with Crippen molar-refractivity contribution < 1.29 is 13.2 Å². The molecule has 1 fully saturated rings. The van der Waals surface area contributed by atoms with Gasteiger partial charge >= 0.3 is 0 Å². The average Bonchev–Trinajstić information content (AvgIpc) is 3.33. The number of fused-ring (bicyclic) bond motifs is 1. The lowest BCUT2D eigenvalue weighted by molar-refractivity contribution is 0.0936. The van der Waals surface area contributed by atoms with Gasteiger partial charge < -0.3 is 5.32 Å². The number of carbonyl (C=O) groups excluding carboxylic acids is 1. The highest BCUT2D eigenvalue weighted by atomic mass is 35.5. The number of nitrogens with zero attached hydrogens (tertiary/aromatic N) is 1. The first kappa shape index (κ1) is 17.5. The van der Waals surface area contributed by atoms with Crippen LogP contribution in [0.15, 0.2) is 41.6 Å². The number of nitrogens with one attached hydrogen (secondary N) is 2. The number of benzene rings is 1. The Morgan fingerprint density at radius 1 is 1.15 bits per heavy atom. The molecule has 2 aliphatic carbocycles. The Hall–Kier alpha value is -1.96. The number of halogens is 1. The fraction of sp³-hybridized carbons (Fsp3) is 0.333. The van der Waals surface area contributed by atoms with E-state index < -0.39 is 10.0 Å².